The van der Waals surface area contributed by atoms with Crippen LogP contribution in [0.4, 0.5) is 5.69 Å². The van der Waals surface area contributed by atoms with Gasteiger partial charge in [-0.1, -0.05) is 30.8 Å². The number of amides is 1. The van der Waals surface area contributed by atoms with Crippen molar-refractivity contribution in [3.05, 3.63) is 96.0 Å². The Bertz CT molecular complexity index is 1040. The minimum atomic E-state index is -0.777. The van der Waals surface area contributed by atoms with Crippen molar-refractivity contribution >= 4 is 11.6 Å². The molecule has 0 bridgehead atoms. The van der Waals surface area contributed by atoms with Crippen LogP contribution in [0.15, 0.2) is 83.5 Å². The second kappa shape index (κ2) is 7.51. The Morgan fingerprint density at radius 1 is 1.17 bits per heavy atom. The Balaban J connectivity index is 1.76. The molecule has 1 aliphatic heterocycles. The number of para-hydroxylation sites is 1. The Hall–Kier alpha value is -3.47. The van der Waals surface area contributed by atoms with Crippen LogP contribution in [0.5, 0.6) is 5.75 Å². The average molecular weight is 388 g/mol. The first kappa shape index (κ1) is 18.9. The van der Waals surface area contributed by atoms with E-state index in [1.165, 1.54) is 0 Å². The number of nitrogens with one attached hydrogen (secondary N) is 1. The molecule has 1 aromatic heterocycles. The highest BCUT2D eigenvalue weighted by Gasteiger charge is 2.43. The fraction of sp³-hybridized carbons (Fsp3) is 0.208. The van der Waals surface area contributed by atoms with E-state index in [2.05, 4.69) is 11.9 Å². The fourth-order valence-corrected chi connectivity index (χ4v) is 3.57. The lowest BCUT2D eigenvalue weighted by Crippen LogP contribution is -2.55. The van der Waals surface area contributed by atoms with Crippen molar-refractivity contribution in [3.8, 4) is 5.75 Å². The standard InChI is InChI=1S/C24H24N2O3/c1-17(2)16-29-19-9-6-8-18(14-19)24(3)25-22-12-5-4-11-21(22)23(27)26(24)15-20-10-7-13-28-20/h4-14,25H,1,15-16H2,2-3H3. The zero-order chi connectivity index (χ0) is 20.4. The Morgan fingerprint density at radius 2 is 2.00 bits per heavy atom. The Kier molecular flexibility index (Phi) is 4.89. The quantitative estimate of drug-likeness (QED) is 0.592. The van der Waals surface area contributed by atoms with Crippen molar-refractivity contribution in [1.82, 2.24) is 4.90 Å². The van der Waals surface area contributed by atoms with Crippen LogP contribution >= 0.6 is 0 Å². The van der Waals surface area contributed by atoms with Gasteiger partial charge >= 0.3 is 0 Å². The van der Waals surface area contributed by atoms with E-state index in [0.717, 1.165) is 28.3 Å². The summed E-state index contributed by atoms with van der Waals surface area (Å²) in [6, 6.07) is 19.1. The number of hydrogen-bond acceptors (Lipinski definition) is 4. The highest BCUT2D eigenvalue weighted by Crippen LogP contribution is 2.39. The largest absolute Gasteiger partial charge is 0.489 e. The molecule has 3 aromatic rings. The van der Waals surface area contributed by atoms with Crippen molar-refractivity contribution in [3.63, 3.8) is 0 Å². The lowest BCUT2D eigenvalue weighted by molar-refractivity contribution is 0.0486. The first-order chi connectivity index (χ1) is 14.0. The molecule has 2 aromatic carbocycles. The van der Waals surface area contributed by atoms with Gasteiger partial charge in [0.2, 0.25) is 0 Å². The van der Waals surface area contributed by atoms with Gasteiger partial charge in [-0.3, -0.25) is 4.79 Å². The van der Waals surface area contributed by atoms with Crippen LogP contribution in [0, 0.1) is 0 Å². The minimum Gasteiger partial charge on any atom is -0.489 e. The van der Waals surface area contributed by atoms with Crippen LogP contribution in [0.25, 0.3) is 0 Å². The van der Waals surface area contributed by atoms with Crippen LogP contribution in [0.1, 0.15) is 35.5 Å². The highest BCUT2D eigenvalue weighted by atomic mass is 16.5. The van der Waals surface area contributed by atoms with Crippen molar-refractivity contribution < 1.29 is 13.9 Å². The Morgan fingerprint density at radius 3 is 2.76 bits per heavy atom. The van der Waals surface area contributed by atoms with E-state index in [4.69, 9.17) is 9.15 Å². The normalized spacial score (nSPS) is 18.1. The molecule has 29 heavy (non-hydrogen) atoms. The number of furan rings is 1. The summed E-state index contributed by atoms with van der Waals surface area (Å²) in [6.45, 7) is 8.61. The van der Waals surface area contributed by atoms with Gasteiger partial charge in [0, 0.05) is 11.3 Å². The number of ether oxygens (including phenoxy) is 1. The summed E-state index contributed by atoms with van der Waals surface area (Å²) in [5.41, 5.74) is 2.54. The smallest absolute Gasteiger partial charge is 0.258 e. The third kappa shape index (κ3) is 3.63. The van der Waals surface area contributed by atoms with Gasteiger partial charge in [0.1, 0.15) is 23.8 Å². The first-order valence-electron chi connectivity index (χ1n) is 9.56. The summed E-state index contributed by atoms with van der Waals surface area (Å²) in [6.07, 6.45) is 1.62. The monoisotopic (exact) mass is 388 g/mol. The van der Waals surface area contributed by atoms with Crippen molar-refractivity contribution in [1.29, 1.82) is 0 Å². The summed E-state index contributed by atoms with van der Waals surface area (Å²) in [7, 11) is 0. The Labute approximate surface area is 170 Å². The molecule has 5 heteroatoms. The van der Waals surface area contributed by atoms with Crippen LogP contribution < -0.4 is 10.1 Å². The topological polar surface area (TPSA) is 54.7 Å². The van der Waals surface area contributed by atoms with Gasteiger partial charge < -0.3 is 19.4 Å². The number of nitrogens with zero attached hydrogens (tertiary/aromatic N) is 1. The van der Waals surface area contributed by atoms with E-state index in [1.807, 2.05) is 74.5 Å². The lowest BCUT2D eigenvalue weighted by Gasteiger charge is -2.46. The van der Waals surface area contributed by atoms with Crippen molar-refractivity contribution in [2.45, 2.75) is 26.1 Å². The molecule has 2 heterocycles. The van der Waals surface area contributed by atoms with E-state index in [9.17, 15) is 4.79 Å². The summed E-state index contributed by atoms with van der Waals surface area (Å²) in [5, 5.41) is 3.56. The molecule has 148 valence electrons. The van der Waals surface area contributed by atoms with Gasteiger partial charge in [-0.05, 0) is 55.8 Å². The van der Waals surface area contributed by atoms with Crippen molar-refractivity contribution in [2.24, 2.45) is 0 Å². The van der Waals surface area contributed by atoms with E-state index in [1.54, 1.807) is 11.2 Å². The lowest BCUT2D eigenvalue weighted by atomic mass is 9.93. The summed E-state index contributed by atoms with van der Waals surface area (Å²) >= 11 is 0. The van der Waals surface area contributed by atoms with Crippen LogP contribution in [0.3, 0.4) is 0 Å². The maximum Gasteiger partial charge on any atom is 0.258 e. The van der Waals surface area contributed by atoms with E-state index < -0.39 is 5.66 Å². The molecule has 0 radical (unpaired) electrons. The number of anilines is 1. The maximum atomic E-state index is 13.4. The second-order valence-corrected chi connectivity index (χ2v) is 7.49. The third-order valence-electron chi connectivity index (χ3n) is 5.10. The van der Waals surface area contributed by atoms with Gasteiger partial charge in [-0.15, -0.1) is 0 Å². The molecule has 1 N–H and O–H groups in total. The molecule has 5 nitrogen and oxygen atoms in total. The van der Waals surface area contributed by atoms with E-state index >= 15 is 0 Å². The molecule has 1 unspecified atom stereocenters. The zero-order valence-corrected chi connectivity index (χ0v) is 16.6. The maximum absolute atomic E-state index is 13.4. The van der Waals surface area contributed by atoms with Crippen LogP contribution in [-0.4, -0.2) is 17.4 Å². The van der Waals surface area contributed by atoms with Crippen molar-refractivity contribution in [2.75, 3.05) is 11.9 Å². The summed E-state index contributed by atoms with van der Waals surface area (Å²) in [4.78, 5) is 15.2. The predicted octanol–water partition coefficient (Wildman–Crippen LogP) is 5.18. The van der Waals surface area contributed by atoms with Gasteiger partial charge in [0.15, 0.2) is 0 Å². The predicted molar refractivity (Wildman–Crippen MR) is 113 cm³/mol. The number of carbonyl (C=O) groups excluding carboxylic acids is 1. The van der Waals surface area contributed by atoms with E-state index in [-0.39, 0.29) is 5.91 Å². The molecule has 0 saturated carbocycles. The molecular weight excluding hydrogens is 364 g/mol. The molecule has 1 amide bonds. The molecule has 0 spiro atoms. The number of benzene rings is 2. The van der Waals surface area contributed by atoms with Gasteiger partial charge in [0.25, 0.3) is 5.91 Å². The van der Waals surface area contributed by atoms with Gasteiger partial charge in [-0.25, -0.2) is 0 Å². The van der Waals surface area contributed by atoms with Gasteiger partial charge in [-0.2, -0.15) is 0 Å². The molecule has 4 rings (SSSR count). The number of fused-ring (bicyclic) bond motifs is 1. The van der Waals surface area contributed by atoms with Crippen LogP contribution in [-0.2, 0) is 12.2 Å². The average Bonchev–Trinajstić information content (AvgIpc) is 3.23. The first-order valence-corrected chi connectivity index (χ1v) is 9.56. The van der Waals surface area contributed by atoms with E-state index in [0.29, 0.717) is 18.7 Å². The molecule has 1 aliphatic rings. The molecule has 0 aliphatic carbocycles. The fourth-order valence-electron chi connectivity index (χ4n) is 3.57. The third-order valence-corrected chi connectivity index (χ3v) is 5.10. The number of hydrogen-bond donors (Lipinski definition) is 1. The van der Waals surface area contributed by atoms with Gasteiger partial charge in [0.05, 0.1) is 18.4 Å². The molecular formula is C24H24N2O3. The molecule has 1 atom stereocenters. The summed E-state index contributed by atoms with van der Waals surface area (Å²) < 4.78 is 11.4. The highest BCUT2D eigenvalue weighted by molar-refractivity contribution is 6.02. The zero-order valence-electron chi connectivity index (χ0n) is 16.6. The van der Waals surface area contributed by atoms with Crippen LogP contribution in [0.2, 0.25) is 0 Å². The summed E-state index contributed by atoms with van der Waals surface area (Å²) in [5.74, 6) is 1.41. The molecule has 0 saturated heterocycles. The second-order valence-electron chi connectivity index (χ2n) is 7.49. The molecule has 0 fully saturated rings. The number of carbonyl (C=O) groups is 1. The number of rotatable bonds is 6. The minimum absolute atomic E-state index is 0.0495. The SMILES string of the molecule is C=C(C)COc1cccc(C2(C)Nc3ccccc3C(=O)N2Cc2ccco2)c1.